The zero-order valence-corrected chi connectivity index (χ0v) is 15.7. The zero-order chi connectivity index (χ0) is 18.8. The molecular weight excluding hydrogens is 362 g/mol. The summed E-state index contributed by atoms with van der Waals surface area (Å²) in [5.41, 5.74) is 1.59. The minimum Gasteiger partial charge on any atom is -0.497 e. The number of nitriles is 1. The standard InChI is InChI=1S/C20H19N3O3S/c1-25-15-5-2-4-14(8-15)17-9-19(24)23-12-22(11-16-6-3-7-26-16)13-27-20(23)18(17)10-21/h2-8,17H,9,11-13H2,1H3/t17-/m0/s1. The maximum absolute atomic E-state index is 12.9. The van der Waals surface area contributed by atoms with Gasteiger partial charge in [0.05, 0.1) is 49.1 Å². The summed E-state index contributed by atoms with van der Waals surface area (Å²) in [6.45, 7) is 1.11. The highest BCUT2D eigenvalue weighted by Gasteiger charge is 2.38. The number of ether oxygens (including phenoxy) is 1. The second-order valence-electron chi connectivity index (χ2n) is 6.51. The third-order valence-electron chi connectivity index (χ3n) is 4.81. The van der Waals surface area contributed by atoms with Crippen molar-refractivity contribution in [3.8, 4) is 11.8 Å². The number of thioether (sulfide) groups is 1. The van der Waals surface area contributed by atoms with Crippen molar-refractivity contribution < 1.29 is 13.9 Å². The molecule has 0 spiro atoms. The van der Waals surface area contributed by atoms with Crippen LogP contribution in [0.2, 0.25) is 0 Å². The molecule has 0 bridgehead atoms. The Balaban J connectivity index is 1.61. The summed E-state index contributed by atoms with van der Waals surface area (Å²) in [4.78, 5) is 16.7. The summed E-state index contributed by atoms with van der Waals surface area (Å²) in [6.07, 6.45) is 1.94. The lowest BCUT2D eigenvalue weighted by Crippen LogP contribution is -2.46. The Bertz CT molecular complexity index is 917. The van der Waals surface area contributed by atoms with E-state index in [9.17, 15) is 10.1 Å². The van der Waals surface area contributed by atoms with Gasteiger partial charge in [-0.3, -0.25) is 14.6 Å². The number of methoxy groups -OCH3 is 1. The first-order valence-corrected chi connectivity index (χ1v) is 9.64. The number of benzene rings is 1. The van der Waals surface area contributed by atoms with Gasteiger partial charge < -0.3 is 9.15 Å². The number of carbonyl (C=O) groups is 1. The number of fused-ring (bicyclic) bond motifs is 1. The molecule has 0 aliphatic carbocycles. The Morgan fingerprint density at radius 1 is 1.37 bits per heavy atom. The van der Waals surface area contributed by atoms with Crippen LogP contribution in [-0.2, 0) is 11.3 Å². The average molecular weight is 381 g/mol. The first-order chi connectivity index (χ1) is 13.2. The van der Waals surface area contributed by atoms with E-state index in [4.69, 9.17) is 9.15 Å². The smallest absolute Gasteiger partial charge is 0.229 e. The molecule has 27 heavy (non-hydrogen) atoms. The van der Waals surface area contributed by atoms with Crippen LogP contribution in [0.25, 0.3) is 0 Å². The van der Waals surface area contributed by atoms with Gasteiger partial charge in [0.2, 0.25) is 5.91 Å². The molecule has 2 aliphatic heterocycles. The van der Waals surface area contributed by atoms with Crippen LogP contribution in [0, 0.1) is 11.3 Å². The minimum atomic E-state index is -0.229. The first kappa shape index (κ1) is 17.7. The fourth-order valence-corrected chi connectivity index (χ4v) is 4.61. The highest BCUT2D eigenvalue weighted by Crippen LogP contribution is 2.43. The minimum absolute atomic E-state index is 0.0356. The molecule has 7 heteroatoms. The van der Waals surface area contributed by atoms with E-state index in [0.717, 1.165) is 22.1 Å². The van der Waals surface area contributed by atoms with Crippen molar-refractivity contribution in [1.29, 1.82) is 5.26 Å². The molecule has 1 fully saturated rings. The first-order valence-electron chi connectivity index (χ1n) is 8.65. The van der Waals surface area contributed by atoms with Crippen LogP contribution in [0.1, 0.15) is 23.7 Å². The summed E-state index contributed by atoms with van der Waals surface area (Å²) in [5, 5.41) is 10.6. The van der Waals surface area contributed by atoms with Crippen molar-refractivity contribution in [2.45, 2.75) is 18.9 Å². The summed E-state index contributed by atoms with van der Waals surface area (Å²) in [6, 6.07) is 13.7. The molecule has 4 rings (SSSR count). The number of allylic oxidation sites excluding steroid dienone is 1. The number of furan rings is 1. The van der Waals surface area contributed by atoms with E-state index < -0.39 is 0 Å². The fourth-order valence-electron chi connectivity index (χ4n) is 3.47. The van der Waals surface area contributed by atoms with Crippen molar-refractivity contribution in [1.82, 2.24) is 9.80 Å². The van der Waals surface area contributed by atoms with E-state index in [1.165, 1.54) is 11.8 Å². The van der Waals surface area contributed by atoms with E-state index in [2.05, 4.69) is 11.0 Å². The number of carbonyl (C=O) groups excluding carboxylic acids is 1. The van der Waals surface area contributed by atoms with Crippen molar-refractivity contribution in [3.63, 3.8) is 0 Å². The Morgan fingerprint density at radius 3 is 3.00 bits per heavy atom. The van der Waals surface area contributed by atoms with Crippen molar-refractivity contribution >= 4 is 17.7 Å². The largest absolute Gasteiger partial charge is 0.497 e. The van der Waals surface area contributed by atoms with Gasteiger partial charge in [0.15, 0.2) is 0 Å². The Labute approximate surface area is 162 Å². The SMILES string of the molecule is COc1cccc([C@@H]2CC(=O)N3CN(Cc4ccco4)CSC3=C2C#N)c1. The predicted octanol–water partition coefficient (Wildman–Crippen LogP) is 3.50. The molecule has 1 saturated heterocycles. The van der Waals surface area contributed by atoms with E-state index >= 15 is 0 Å². The van der Waals surface area contributed by atoms with E-state index in [-0.39, 0.29) is 18.2 Å². The number of nitrogens with zero attached hydrogens (tertiary/aromatic N) is 3. The lowest BCUT2D eigenvalue weighted by Gasteiger charge is -2.41. The van der Waals surface area contributed by atoms with Crippen LogP contribution < -0.4 is 4.74 Å². The van der Waals surface area contributed by atoms with Gasteiger partial charge in [-0.15, -0.1) is 0 Å². The highest BCUT2D eigenvalue weighted by atomic mass is 32.2. The van der Waals surface area contributed by atoms with Gasteiger partial charge >= 0.3 is 0 Å². The van der Waals surface area contributed by atoms with Gasteiger partial charge in [0.25, 0.3) is 0 Å². The lowest BCUT2D eigenvalue weighted by atomic mass is 9.86. The average Bonchev–Trinajstić information content (AvgIpc) is 3.21. The third kappa shape index (κ3) is 3.46. The molecule has 1 atom stereocenters. The number of amides is 1. The van der Waals surface area contributed by atoms with Gasteiger partial charge in [-0.1, -0.05) is 23.9 Å². The van der Waals surface area contributed by atoms with Gasteiger partial charge in [-0.2, -0.15) is 5.26 Å². The van der Waals surface area contributed by atoms with E-state index in [1.54, 1.807) is 18.3 Å². The van der Waals surface area contributed by atoms with Gasteiger partial charge in [-0.25, -0.2) is 0 Å². The number of hydrogen-bond acceptors (Lipinski definition) is 6. The molecule has 138 valence electrons. The fraction of sp³-hybridized carbons (Fsp3) is 0.300. The number of hydrogen-bond donors (Lipinski definition) is 0. The summed E-state index contributed by atoms with van der Waals surface area (Å²) in [5.74, 6) is 2.10. The molecule has 3 heterocycles. The molecule has 0 saturated carbocycles. The van der Waals surface area contributed by atoms with Crippen LogP contribution in [0.5, 0.6) is 5.75 Å². The van der Waals surface area contributed by atoms with Crippen LogP contribution in [0.15, 0.2) is 57.7 Å². The van der Waals surface area contributed by atoms with Crippen LogP contribution in [0.3, 0.4) is 0 Å². The normalized spacial score (nSPS) is 20.4. The van der Waals surface area contributed by atoms with E-state index in [0.29, 0.717) is 24.7 Å². The summed E-state index contributed by atoms with van der Waals surface area (Å²) >= 11 is 1.54. The topological polar surface area (TPSA) is 69.7 Å². The molecule has 6 nitrogen and oxygen atoms in total. The molecule has 1 aromatic heterocycles. The quantitative estimate of drug-likeness (QED) is 0.807. The van der Waals surface area contributed by atoms with E-state index in [1.807, 2.05) is 36.4 Å². The van der Waals surface area contributed by atoms with Crippen LogP contribution in [-0.4, -0.2) is 35.4 Å². The Morgan fingerprint density at radius 2 is 2.26 bits per heavy atom. The maximum Gasteiger partial charge on any atom is 0.229 e. The number of rotatable bonds is 4. The molecule has 0 radical (unpaired) electrons. The molecule has 2 aromatic rings. The monoisotopic (exact) mass is 381 g/mol. The van der Waals surface area contributed by atoms with Crippen molar-refractivity contribution in [2.75, 3.05) is 19.7 Å². The van der Waals surface area contributed by atoms with Gasteiger partial charge in [0, 0.05) is 12.3 Å². The second kappa shape index (κ2) is 7.51. The molecule has 1 aromatic carbocycles. The molecule has 1 amide bonds. The van der Waals surface area contributed by atoms with Crippen LogP contribution in [0.4, 0.5) is 0 Å². The molecule has 0 N–H and O–H groups in total. The Hall–Kier alpha value is -2.69. The predicted molar refractivity (Wildman–Crippen MR) is 101 cm³/mol. The zero-order valence-electron chi connectivity index (χ0n) is 14.9. The lowest BCUT2D eigenvalue weighted by molar-refractivity contribution is -0.132. The van der Waals surface area contributed by atoms with Gasteiger partial charge in [-0.05, 0) is 29.8 Å². The van der Waals surface area contributed by atoms with Crippen LogP contribution >= 0.6 is 11.8 Å². The Kier molecular flexibility index (Phi) is 4.92. The van der Waals surface area contributed by atoms with Crippen molar-refractivity contribution in [2.24, 2.45) is 0 Å². The van der Waals surface area contributed by atoms with Gasteiger partial charge in [0.1, 0.15) is 11.5 Å². The molecule has 0 unspecified atom stereocenters. The third-order valence-corrected chi connectivity index (χ3v) is 6.01. The summed E-state index contributed by atoms with van der Waals surface area (Å²) < 4.78 is 10.7. The van der Waals surface area contributed by atoms with Crippen molar-refractivity contribution in [3.05, 3.63) is 64.6 Å². The molecular formula is C20H19N3O3S. The molecule has 2 aliphatic rings. The maximum atomic E-state index is 12.9. The summed E-state index contributed by atoms with van der Waals surface area (Å²) in [7, 11) is 1.61. The second-order valence-corrected chi connectivity index (χ2v) is 7.44. The highest BCUT2D eigenvalue weighted by molar-refractivity contribution is 8.03.